The summed E-state index contributed by atoms with van der Waals surface area (Å²) < 4.78 is 5.36. The van der Waals surface area contributed by atoms with Gasteiger partial charge in [0, 0.05) is 18.9 Å². The highest BCUT2D eigenvalue weighted by Gasteiger charge is 2.16. The lowest BCUT2D eigenvalue weighted by Gasteiger charge is -2.10. The van der Waals surface area contributed by atoms with Gasteiger partial charge in [-0.3, -0.25) is 0 Å². The molecule has 0 saturated carbocycles. The van der Waals surface area contributed by atoms with E-state index in [1.165, 1.54) is 17.5 Å². The Morgan fingerprint density at radius 3 is 3.07 bits per heavy atom. The van der Waals surface area contributed by atoms with Crippen molar-refractivity contribution in [3.05, 3.63) is 29.3 Å². The Labute approximate surface area is 85.1 Å². The fraction of sp³-hybridized carbons (Fsp3) is 0.500. The third-order valence-electron chi connectivity index (χ3n) is 2.83. The number of rotatable bonds is 2. The van der Waals surface area contributed by atoms with Crippen LogP contribution in [0.15, 0.2) is 18.2 Å². The second-order valence-electron chi connectivity index (χ2n) is 4.14. The third kappa shape index (κ3) is 2.07. The number of nitrogen functional groups attached to an aromatic ring is 1. The molecule has 1 fully saturated rings. The Kier molecular flexibility index (Phi) is 2.73. The number of anilines is 1. The zero-order chi connectivity index (χ0) is 9.97. The van der Waals surface area contributed by atoms with Crippen LogP contribution in [0.25, 0.3) is 0 Å². The summed E-state index contributed by atoms with van der Waals surface area (Å²) in [4.78, 5) is 0. The Hall–Kier alpha value is -1.02. The predicted molar refractivity (Wildman–Crippen MR) is 58.2 cm³/mol. The molecule has 0 aromatic heterocycles. The van der Waals surface area contributed by atoms with E-state index >= 15 is 0 Å². The molecular weight excluding hydrogens is 174 g/mol. The summed E-state index contributed by atoms with van der Waals surface area (Å²) >= 11 is 0. The van der Waals surface area contributed by atoms with Crippen LogP contribution in [0.3, 0.4) is 0 Å². The number of nitrogens with two attached hydrogens (primary N) is 1. The van der Waals surface area contributed by atoms with Crippen LogP contribution in [-0.2, 0) is 11.2 Å². The van der Waals surface area contributed by atoms with Crippen LogP contribution >= 0.6 is 0 Å². The lowest BCUT2D eigenvalue weighted by atomic mass is 9.96. The Morgan fingerprint density at radius 1 is 1.50 bits per heavy atom. The van der Waals surface area contributed by atoms with Crippen molar-refractivity contribution in [1.29, 1.82) is 0 Å². The van der Waals surface area contributed by atoms with Crippen molar-refractivity contribution >= 4 is 5.69 Å². The Bertz CT molecular complexity index is 316. The van der Waals surface area contributed by atoms with Gasteiger partial charge in [0.2, 0.25) is 0 Å². The standard InChI is InChI=1S/C12H17NO/c1-9-2-3-12(13)11(6-9)7-10-4-5-14-8-10/h2-3,6,10H,4-5,7-8,13H2,1H3. The lowest BCUT2D eigenvalue weighted by Crippen LogP contribution is -2.06. The highest BCUT2D eigenvalue weighted by atomic mass is 16.5. The van der Waals surface area contributed by atoms with Crippen LogP contribution in [0, 0.1) is 12.8 Å². The molecule has 1 saturated heterocycles. The van der Waals surface area contributed by atoms with Crippen molar-refractivity contribution in [3.8, 4) is 0 Å². The largest absolute Gasteiger partial charge is 0.399 e. The molecule has 76 valence electrons. The van der Waals surface area contributed by atoms with Gasteiger partial charge in [0.25, 0.3) is 0 Å². The van der Waals surface area contributed by atoms with Crippen molar-refractivity contribution in [2.24, 2.45) is 5.92 Å². The van der Waals surface area contributed by atoms with Crippen LogP contribution in [0.1, 0.15) is 17.5 Å². The van der Waals surface area contributed by atoms with Gasteiger partial charge < -0.3 is 10.5 Å². The van der Waals surface area contributed by atoms with Gasteiger partial charge >= 0.3 is 0 Å². The van der Waals surface area contributed by atoms with Gasteiger partial charge in [0.15, 0.2) is 0 Å². The van der Waals surface area contributed by atoms with Gasteiger partial charge in [-0.25, -0.2) is 0 Å². The van der Waals surface area contributed by atoms with Crippen LogP contribution in [-0.4, -0.2) is 13.2 Å². The SMILES string of the molecule is Cc1ccc(N)c(CC2CCOC2)c1. The second-order valence-corrected chi connectivity index (χ2v) is 4.14. The quantitative estimate of drug-likeness (QED) is 0.727. The first-order valence-corrected chi connectivity index (χ1v) is 5.18. The van der Waals surface area contributed by atoms with Gasteiger partial charge in [0.1, 0.15) is 0 Å². The summed E-state index contributed by atoms with van der Waals surface area (Å²) in [7, 11) is 0. The Morgan fingerprint density at radius 2 is 2.36 bits per heavy atom. The lowest BCUT2D eigenvalue weighted by molar-refractivity contribution is 0.186. The minimum atomic E-state index is 0.666. The number of hydrogen-bond acceptors (Lipinski definition) is 2. The van der Waals surface area contributed by atoms with Crippen LogP contribution in [0.2, 0.25) is 0 Å². The van der Waals surface area contributed by atoms with Crippen molar-refractivity contribution in [1.82, 2.24) is 0 Å². The average molecular weight is 191 g/mol. The fourth-order valence-corrected chi connectivity index (χ4v) is 1.97. The molecular formula is C12H17NO. The second kappa shape index (κ2) is 4.01. The molecule has 1 aromatic carbocycles. The van der Waals surface area contributed by atoms with Crippen molar-refractivity contribution in [2.45, 2.75) is 19.8 Å². The van der Waals surface area contributed by atoms with Gasteiger partial charge in [-0.1, -0.05) is 17.7 Å². The van der Waals surface area contributed by atoms with E-state index in [1.54, 1.807) is 0 Å². The monoisotopic (exact) mass is 191 g/mol. The van der Waals surface area contributed by atoms with Crippen LogP contribution in [0.4, 0.5) is 5.69 Å². The van der Waals surface area contributed by atoms with E-state index in [1.807, 2.05) is 6.07 Å². The number of aryl methyl sites for hydroxylation is 1. The van der Waals surface area contributed by atoms with Gasteiger partial charge in [-0.05, 0) is 37.3 Å². The maximum Gasteiger partial charge on any atom is 0.0498 e. The molecule has 1 atom stereocenters. The van der Waals surface area contributed by atoms with Crippen molar-refractivity contribution < 1.29 is 4.74 Å². The first kappa shape index (κ1) is 9.53. The van der Waals surface area contributed by atoms with E-state index < -0.39 is 0 Å². The molecule has 2 nitrogen and oxygen atoms in total. The number of benzene rings is 1. The average Bonchev–Trinajstić information content (AvgIpc) is 2.64. The first-order valence-electron chi connectivity index (χ1n) is 5.18. The van der Waals surface area contributed by atoms with Gasteiger partial charge in [-0.2, -0.15) is 0 Å². The normalized spacial score (nSPS) is 21.4. The maximum atomic E-state index is 5.93. The van der Waals surface area contributed by atoms with E-state index in [0.717, 1.165) is 25.3 Å². The van der Waals surface area contributed by atoms with Crippen LogP contribution in [0.5, 0.6) is 0 Å². The van der Waals surface area contributed by atoms with E-state index in [0.29, 0.717) is 5.92 Å². The van der Waals surface area contributed by atoms with Gasteiger partial charge in [-0.15, -0.1) is 0 Å². The summed E-state index contributed by atoms with van der Waals surface area (Å²) in [5, 5.41) is 0. The molecule has 2 heteroatoms. The summed E-state index contributed by atoms with van der Waals surface area (Å²) in [5.41, 5.74) is 9.41. The summed E-state index contributed by atoms with van der Waals surface area (Å²) in [6, 6.07) is 6.25. The fourth-order valence-electron chi connectivity index (χ4n) is 1.97. The summed E-state index contributed by atoms with van der Waals surface area (Å²) in [5.74, 6) is 0.666. The summed E-state index contributed by atoms with van der Waals surface area (Å²) in [6.07, 6.45) is 2.24. The molecule has 0 bridgehead atoms. The molecule has 14 heavy (non-hydrogen) atoms. The molecule has 1 aliphatic rings. The molecule has 1 heterocycles. The van der Waals surface area contributed by atoms with E-state index in [-0.39, 0.29) is 0 Å². The molecule has 2 rings (SSSR count). The molecule has 2 N–H and O–H groups in total. The number of hydrogen-bond donors (Lipinski definition) is 1. The molecule has 0 radical (unpaired) electrons. The zero-order valence-corrected chi connectivity index (χ0v) is 8.62. The van der Waals surface area contributed by atoms with Crippen molar-refractivity contribution in [2.75, 3.05) is 18.9 Å². The third-order valence-corrected chi connectivity index (χ3v) is 2.83. The predicted octanol–water partition coefficient (Wildman–Crippen LogP) is 2.16. The Balaban J connectivity index is 2.10. The highest BCUT2D eigenvalue weighted by Crippen LogP contribution is 2.22. The maximum absolute atomic E-state index is 5.93. The minimum absolute atomic E-state index is 0.666. The molecule has 1 unspecified atom stereocenters. The van der Waals surface area contributed by atoms with Crippen LogP contribution < -0.4 is 5.73 Å². The zero-order valence-electron chi connectivity index (χ0n) is 8.62. The van der Waals surface area contributed by atoms with E-state index in [4.69, 9.17) is 10.5 Å². The molecule has 1 aromatic rings. The molecule has 0 aliphatic carbocycles. The smallest absolute Gasteiger partial charge is 0.0498 e. The molecule has 1 aliphatic heterocycles. The topological polar surface area (TPSA) is 35.2 Å². The highest BCUT2D eigenvalue weighted by molar-refractivity contribution is 5.48. The molecule has 0 amide bonds. The summed E-state index contributed by atoms with van der Waals surface area (Å²) in [6.45, 7) is 3.91. The molecule has 0 spiro atoms. The van der Waals surface area contributed by atoms with E-state index in [9.17, 15) is 0 Å². The van der Waals surface area contributed by atoms with Crippen molar-refractivity contribution in [3.63, 3.8) is 0 Å². The first-order chi connectivity index (χ1) is 6.75. The van der Waals surface area contributed by atoms with Gasteiger partial charge in [0.05, 0.1) is 0 Å². The van der Waals surface area contributed by atoms with E-state index in [2.05, 4.69) is 19.1 Å². The number of ether oxygens (including phenoxy) is 1. The minimum Gasteiger partial charge on any atom is -0.399 e.